The van der Waals surface area contributed by atoms with Crippen molar-refractivity contribution in [1.29, 1.82) is 0 Å². The molecule has 3 atom stereocenters. The van der Waals surface area contributed by atoms with Gasteiger partial charge in [-0.25, -0.2) is 0 Å². The van der Waals surface area contributed by atoms with Gasteiger partial charge in [-0.05, 0) is 38.2 Å². The van der Waals surface area contributed by atoms with E-state index in [9.17, 15) is 4.79 Å². The van der Waals surface area contributed by atoms with Crippen molar-refractivity contribution >= 4 is 5.91 Å². The van der Waals surface area contributed by atoms with Crippen LogP contribution in [-0.2, 0) is 14.3 Å². The Hall–Kier alpha value is -1.46. The largest absolute Gasteiger partial charge is 0.378 e. The fraction of sp³-hybridized carbons (Fsp3) is 0.647. The van der Waals surface area contributed by atoms with Crippen LogP contribution in [0.25, 0.3) is 0 Å². The maximum absolute atomic E-state index is 12.2. The minimum atomic E-state index is -0.0800. The van der Waals surface area contributed by atoms with Gasteiger partial charge in [0, 0.05) is 37.6 Å². The number of carbonyl (C=O) groups excluding carboxylic acids is 1. The van der Waals surface area contributed by atoms with Gasteiger partial charge in [0.2, 0.25) is 5.91 Å². The van der Waals surface area contributed by atoms with Crippen molar-refractivity contribution in [3.63, 3.8) is 0 Å². The summed E-state index contributed by atoms with van der Waals surface area (Å²) in [5.41, 5.74) is 1.03. The Bertz CT molecular complexity index is 474. The first kappa shape index (κ1) is 15.4. The molecule has 0 unspecified atom stereocenters. The maximum Gasteiger partial charge on any atom is 0.220 e. The normalized spacial score (nSPS) is 28.5. The Morgan fingerprint density at radius 2 is 2.23 bits per heavy atom. The molecule has 0 aromatic carbocycles. The first-order valence-corrected chi connectivity index (χ1v) is 8.25. The molecule has 1 aromatic heterocycles. The summed E-state index contributed by atoms with van der Waals surface area (Å²) in [5.74, 6) is 0.0959. The zero-order valence-corrected chi connectivity index (χ0v) is 12.9. The van der Waals surface area contributed by atoms with Gasteiger partial charge in [0.1, 0.15) is 6.10 Å². The molecule has 0 radical (unpaired) electrons. The molecule has 2 fully saturated rings. The molecular formula is C17H24N2O3. The molecule has 3 heterocycles. The molecule has 1 amide bonds. The van der Waals surface area contributed by atoms with Gasteiger partial charge in [-0.15, -0.1) is 0 Å². The van der Waals surface area contributed by atoms with Crippen molar-refractivity contribution in [2.24, 2.45) is 0 Å². The molecule has 2 aliphatic heterocycles. The number of pyridine rings is 1. The first-order valence-electron chi connectivity index (χ1n) is 8.25. The minimum absolute atomic E-state index is 0.0453. The Kier molecular flexibility index (Phi) is 5.40. The van der Waals surface area contributed by atoms with E-state index in [1.165, 1.54) is 6.42 Å². The number of hydrogen-bond donors (Lipinski definition) is 1. The van der Waals surface area contributed by atoms with Crippen molar-refractivity contribution in [2.45, 2.75) is 56.8 Å². The highest BCUT2D eigenvalue weighted by molar-refractivity contribution is 5.76. The lowest BCUT2D eigenvalue weighted by Gasteiger charge is -2.23. The van der Waals surface area contributed by atoms with Crippen LogP contribution >= 0.6 is 0 Å². The second kappa shape index (κ2) is 7.70. The SMILES string of the molecule is O=C(CC[C@H]1CCCCO1)N[C@H]1CCO[C@@H]1c1cccnc1. The van der Waals surface area contributed by atoms with E-state index in [-0.39, 0.29) is 24.2 Å². The number of aromatic nitrogens is 1. The molecule has 1 N–H and O–H groups in total. The summed E-state index contributed by atoms with van der Waals surface area (Å²) in [6.45, 7) is 1.52. The number of nitrogens with zero attached hydrogens (tertiary/aromatic N) is 1. The van der Waals surface area contributed by atoms with Crippen LogP contribution in [0.1, 0.15) is 50.2 Å². The van der Waals surface area contributed by atoms with Gasteiger partial charge in [-0.3, -0.25) is 9.78 Å². The lowest BCUT2D eigenvalue weighted by Crippen LogP contribution is -2.37. The van der Waals surface area contributed by atoms with Crippen LogP contribution in [0.15, 0.2) is 24.5 Å². The summed E-state index contributed by atoms with van der Waals surface area (Å²) in [6.07, 6.45) is 9.38. The first-order chi connectivity index (χ1) is 10.8. The zero-order valence-electron chi connectivity index (χ0n) is 12.9. The Labute approximate surface area is 131 Å². The van der Waals surface area contributed by atoms with Crippen LogP contribution in [0.3, 0.4) is 0 Å². The van der Waals surface area contributed by atoms with Crippen LogP contribution in [0, 0.1) is 0 Å². The molecule has 120 valence electrons. The van der Waals surface area contributed by atoms with Gasteiger partial charge in [0.15, 0.2) is 0 Å². The van der Waals surface area contributed by atoms with E-state index < -0.39 is 0 Å². The molecule has 5 nitrogen and oxygen atoms in total. The smallest absolute Gasteiger partial charge is 0.220 e. The molecule has 0 bridgehead atoms. The number of rotatable bonds is 5. The van der Waals surface area contributed by atoms with Crippen molar-refractivity contribution < 1.29 is 14.3 Å². The monoisotopic (exact) mass is 304 g/mol. The molecule has 0 saturated carbocycles. The third-order valence-electron chi connectivity index (χ3n) is 4.42. The summed E-state index contributed by atoms with van der Waals surface area (Å²) >= 11 is 0. The van der Waals surface area contributed by atoms with Gasteiger partial charge < -0.3 is 14.8 Å². The van der Waals surface area contributed by atoms with E-state index in [1.54, 1.807) is 6.20 Å². The Morgan fingerprint density at radius 3 is 3.00 bits per heavy atom. The van der Waals surface area contributed by atoms with Crippen LogP contribution in [-0.4, -0.2) is 36.3 Å². The predicted molar refractivity (Wildman–Crippen MR) is 82.3 cm³/mol. The number of hydrogen-bond acceptors (Lipinski definition) is 4. The average molecular weight is 304 g/mol. The third kappa shape index (κ3) is 4.05. The molecule has 2 aliphatic rings. The van der Waals surface area contributed by atoms with Crippen LogP contribution in [0.2, 0.25) is 0 Å². The van der Waals surface area contributed by atoms with Gasteiger partial charge in [-0.2, -0.15) is 0 Å². The number of amides is 1. The number of nitrogens with one attached hydrogen (secondary N) is 1. The fourth-order valence-corrected chi connectivity index (χ4v) is 3.22. The van der Waals surface area contributed by atoms with E-state index in [1.807, 2.05) is 18.3 Å². The van der Waals surface area contributed by atoms with Gasteiger partial charge in [0.05, 0.1) is 12.1 Å². The summed E-state index contributed by atoms with van der Waals surface area (Å²) < 4.78 is 11.4. The molecule has 0 aliphatic carbocycles. The highest BCUT2D eigenvalue weighted by Gasteiger charge is 2.31. The second-order valence-electron chi connectivity index (χ2n) is 6.07. The molecule has 1 aromatic rings. The number of carbonyl (C=O) groups is 1. The Morgan fingerprint density at radius 1 is 1.27 bits per heavy atom. The summed E-state index contributed by atoms with van der Waals surface area (Å²) in [6, 6.07) is 3.94. The topological polar surface area (TPSA) is 60.5 Å². The van der Waals surface area contributed by atoms with E-state index in [0.29, 0.717) is 13.0 Å². The Balaban J connectivity index is 1.48. The number of ether oxygens (including phenoxy) is 2. The molecular weight excluding hydrogens is 280 g/mol. The molecule has 2 saturated heterocycles. The van der Waals surface area contributed by atoms with E-state index in [2.05, 4.69) is 10.3 Å². The molecule has 22 heavy (non-hydrogen) atoms. The summed E-state index contributed by atoms with van der Waals surface area (Å²) in [5, 5.41) is 3.12. The predicted octanol–water partition coefficient (Wildman–Crippen LogP) is 2.38. The maximum atomic E-state index is 12.2. The molecule has 3 rings (SSSR count). The van der Waals surface area contributed by atoms with Gasteiger partial charge in [0.25, 0.3) is 0 Å². The van der Waals surface area contributed by atoms with E-state index >= 15 is 0 Å². The van der Waals surface area contributed by atoms with E-state index in [0.717, 1.165) is 37.9 Å². The van der Waals surface area contributed by atoms with Gasteiger partial charge >= 0.3 is 0 Å². The third-order valence-corrected chi connectivity index (χ3v) is 4.42. The standard InChI is InChI=1S/C17H24N2O3/c20-16(7-6-14-5-1-2-10-21-14)19-15-8-11-22-17(15)13-4-3-9-18-12-13/h3-4,9,12,14-15,17H,1-2,5-8,10-11H2,(H,19,20)/t14-,15+,17-/m1/s1. The van der Waals surface area contributed by atoms with Crippen LogP contribution < -0.4 is 5.32 Å². The van der Waals surface area contributed by atoms with Crippen molar-refractivity contribution in [3.05, 3.63) is 30.1 Å². The quantitative estimate of drug-likeness (QED) is 0.907. The van der Waals surface area contributed by atoms with Crippen LogP contribution in [0.4, 0.5) is 0 Å². The van der Waals surface area contributed by atoms with Crippen molar-refractivity contribution in [2.75, 3.05) is 13.2 Å². The average Bonchev–Trinajstić information content (AvgIpc) is 3.03. The van der Waals surface area contributed by atoms with Crippen molar-refractivity contribution in [1.82, 2.24) is 10.3 Å². The van der Waals surface area contributed by atoms with Gasteiger partial charge in [-0.1, -0.05) is 6.07 Å². The molecule has 0 spiro atoms. The minimum Gasteiger partial charge on any atom is -0.378 e. The highest BCUT2D eigenvalue weighted by Crippen LogP contribution is 2.28. The van der Waals surface area contributed by atoms with Crippen LogP contribution in [0.5, 0.6) is 0 Å². The zero-order chi connectivity index (χ0) is 15.2. The lowest BCUT2D eigenvalue weighted by atomic mass is 10.0. The van der Waals surface area contributed by atoms with E-state index in [4.69, 9.17) is 9.47 Å². The molecule has 5 heteroatoms. The fourth-order valence-electron chi connectivity index (χ4n) is 3.22. The van der Waals surface area contributed by atoms with Crippen molar-refractivity contribution in [3.8, 4) is 0 Å². The summed E-state index contributed by atoms with van der Waals surface area (Å²) in [4.78, 5) is 16.3. The highest BCUT2D eigenvalue weighted by atomic mass is 16.5. The lowest BCUT2D eigenvalue weighted by molar-refractivity contribution is -0.123. The second-order valence-corrected chi connectivity index (χ2v) is 6.07. The summed E-state index contributed by atoms with van der Waals surface area (Å²) in [7, 11) is 0.